The van der Waals surface area contributed by atoms with Gasteiger partial charge in [-0.25, -0.2) is 0 Å². The number of nitrogens with zero attached hydrogens (tertiary/aromatic N) is 2. The molecule has 1 N–H and O–H groups in total. The Morgan fingerprint density at radius 3 is 2.65 bits per heavy atom. The molecule has 0 radical (unpaired) electrons. The summed E-state index contributed by atoms with van der Waals surface area (Å²) < 4.78 is 1.02. The van der Waals surface area contributed by atoms with Crippen LogP contribution in [0.5, 0.6) is 0 Å². The summed E-state index contributed by atoms with van der Waals surface area (Å²) in [5.74, 6) is -0.556. The fourth-order valence-electron chi connectivity index (χ4n) is 1.92. The summed E-state index contributed by atoms with van der Waals surface area (Å²) >= 11 is 11.8. The highest BCUT2D eigenvalue weighted by Crippen LogP contribution is 2.25. The lowest BCUT2D eigenvalue weighted by molar-refractivity contribution is -0.386. The van der Waals surface area contributed by atoms with Gasteiger partial charge in [-0.1, -0.05) is 23.2 Å². The Hall–Kier alpha value is -2.38. The Labute approximate surface area is 140 Å². The van der Waals surface area contributed by atoms with Gasteiger partial charge in [-0.3, -0.25) is 24.3 Å². The SMILES string of the molecule is Cc1ccc([N+](=O)[O-])c(=O)n1CC(=O)Nc1cc(Cl)ccc1Cl. The first-order valence-corrected chi connectivity index (χ1v) is 7.15. The molecular weight excluding hydrogens is 345 g/mol. The Bertz CT molecular complexity index is 848. The lowest BCUT2D eigenvalue weighted by atomic mass is 10.3. The van der Waals surface area contributed by atoms with Crippen LogP contribution >= 0.6 is 23.2 Å². The molecule has 0 bridgehead atoms. The number of benzene rings is 1. The maximum Gasteiger partial charge on any atom is 0.334 e. The van der Waals surface area contributed by atoms with Crippen LogP contribution in [-0.4, -0.2) is 15.4 Å². The molecule has 2 rings (SSSR count). The number of aromatic nitrogens is 1. The lowest BCUT2D eigenvalue weighted by Crippen LogP contribution is -2.30. The first kappa shape index (κ1) is 17.0. The van der Waals surface area contributed by atoms with E-state index in [4.69, 9.17) is 23.2 Å². The quantitative estimate of drug-likeness (QED) is 0.673. The third-order valence-electron chi connectivity index (χ3n) is 3.07. The molecule has 23 heavy (non-hydrogen) atoms. The Morgan fingerprint density at radius 1 is 1.30 bits per heavy atom. The minimum absolute atomic E-state index is 0.283. The number of hydrogen-bond donors (Lipinski definition) is 1. The molecule has 1 aromatic carbocycles. The van der Waals surface area contributed by atoms with Crippen LogP contribution in [0.3, 0.4) is 0 Å². The van der Waals surface area contributed by atoms with Crippen LogP contribution in [0.15, 0.2) is 35.1 Å². The second-order valence-corrected chi connectivity index (χ2v) is 5.52. The van der Waals surface area contributed by atoms with Gasteiger partial charge in [0.1, 0.15) is 6.54 Å². The fraction of sp³-hybridized carbons (Fsp3) is 0.143. The second-order valence-electron chi connectivity index (χ2n) is 4.68. The molecule has 0 saturated heterocycles. The smallest absolute Gasteiger partial charge is 0.323 e. The predicted octanol–water partition coefficient (Wildman–Crippen LogP) is 3.01. The number of anilines is 1. The molecule has 7 nitrogen and oxygen atoms in total. The number of amides is 1. The standard InChI is InChI=1S/C14H11Cl2N3O4/c1-8-2-5-12(19(22)23)14(21)18(8)7-13(20)17-11-6-9(15)3-4-10(11)16/h2-6H,7H2,1H3,(H,17,20). The molecule has 9 heteroatoms. The molecule has 2 aromatic rings. The number of carbonyl (C=O) groups is 1. The molecule has 0 aliphatic rings. The predicted molar refractivity (Wildman–Crippen MR) is 87.2 cm³/mol. The minimum Gasteiger partial charge on any atom is -0.323 e. The van der Waals surface area contributed by atoms with Gasteiger partial charge in [-0.15, -0.1) is 0 Å². The van der Waals surface area contributed by atoms with E-state index in [-0.39, 0.29) is 11.6 Å². The van der Waals surface area contributed by atoms with Gasteiger partial charge in [-0.05, 0) is 31.2 Å². The molecule has 0 atom stereocenters. The topological polar surface area (TPSA) is 94.2 Å². The van der Waals surface area contributed by atoms with Crippen LogP contribution in [0.25, 0.3) is 0 Å². The molecule has 0 aliphatic carbocycles. The molecule has 1 heterocycles. The number of carbonyl (C=O) groups excluding carboxylic acids is 1. The Balaban J connectivity index is 2.27. The third kappa shape index (κ3) is 3.88. The maximum absolute atomic E-state index is 12.1. The molecule has 0 unspecified atom stereocenters. The first-order valence-electron chi connectivity index (χ1n) is 6.39. The van der Waals surface area contributed by atoms with Crippen molar-refractivity contribution in [1.29, 1.82) is 0 Å². The summed E-state index contributed by atoms with van der Waals surface area (Å²) in [7, 11) is 0. The van der Waals surface area contributed by atoms with E-state index in [1.165, 1.54) is 18.2 Å². The fourth-order valence-corrected chi connectivity index (χ4v) is 2.26. The van der Waals surface area contributed by atoms with Gasteiger partial charge >= 0.3 is 11.2 Å². The van der Waals surface area contributed by atoms with Gasteiger partial charge in [-0.2, -0.15) is 0 Å². The zero-order valence-corrected chi connectivity index (χ0v) is 13.4. The second kappa shape index (κ2) is 6.80. The minimum atomic E-state index is -0.845. The maximum atomic E-state index is 12.1. The third-order valence-corrected chi connectivity index (χ3v) is 3.64. The molecule has 0 saturated carbocycles. The number of halogens is 2. The van der Waals surface area contributed by atoms with Gasteiger partial charge in [0.05, 0.1) is 15.6 Å². The summed E-state index contributed by atoms with van der Waals surface area (Å²) in [4.78, 5) is 34.1. The molecule has 120 valence electrons. The largest absolute Gasteiger partial charge is 0.334 e. The zero-order chi connectivity index (χ0) is 17.1. The van der Waals surface area contributed by atoms with E-state index >= 15 is 0 Å². The normalized spacial score (nSPS) is 10.4. The van der Waals surface area contributed by atoms with Crippen molar-refractivity contribution < 1.29 is 9.72 Å². The number of nitro groups is 1. The van der Waals surface area contributed by atoms with Crippen molar-refractivity contribution in [2.45, 2.75) is 13.5 Å². The summed E-state index contributed by atoms with van der Waals surface area (Å²) in [6.07, 6.45) is 0. The Kier molecular flexibility index (Phi) is 5.02. The highest BCUT2D eigenvalue weighted by atomic mass is 35.5. The van der Waals surface area contributed by atoms with Crippen molar-refractivity contribution in [2.24, 2.45) is 0 Å². The van der Waals surface area contributed by atoms with Gasteiger partial charge < -0.3 is 5.32 Å². The molecule has 1 aromatic heterocycles. The van der Waals surface area contributed by atoms with E-state index in [0.717, 1.165) is 10.6 Å². The van der Waals surface area contributed by atoms with Gasteiger partial charge in [0, 0.05) is 16.8 Å². The number of rotatable bonds is 4. The molecule has 0 spiro atoms. The van der Waals surface area contributed by atoms with E-state index in [9.17, 15) is 19.7 Å². The number of pyridine rings is 1. The van der Waals surface area contributed by atoms with Crippen molar-refractivity contribution in [2.75, 3.05) is 5.32 Å². The average Bonchev–Trinajstić information content (AvgIpc) is 2.47. The number of nitrogens with one attached hydrogen (secondary N) is 1. The van der Waals surface area contributed by atoms with E-state index in [0.29, 0.717) is 16.4 Å². The van der Waals surface area contributed by atoms with E-state index < -0.39 is 22.1 Å². The van der Waals surface area contributed by atoms with Crippen molar-refractivity contribution in [3.8, 4) is 0 Å². The molecular formula is C14H11Cl2N3O4. The van der Waals surface area contributed by atoms with Crippen molar-refractivity contribution in [3.05, 3.63) is 66.5 Å². The molecule has 1 amide bonds. The molecule has 0 fully saturated rings. The van der Waals surface area contributed by atoms with Gasteiger partial charge in [0.25, 0.3) is 0 Å². The summed E-state index contributed by atoms with van der Waals surface area (Å²) in [5, 5.41) is 14.0. The van der Waals surface area contributed by atoms with Gasteiger partial charge in [0.2, 0.25) is 5.91 Å². The summed E-state index contributed by atoms with van der Waals surface area (Å²) in [6.45, 7) is 1.19. The molecule has 0 aliphatic heterocycles. The van der Waals surface area contributed by atoms with E-state index in [2.05, 4.69) is 5.32 Å². The van der Waals surface area contributed by atoms with Crippen molar-refractivity contribution in [3.63, 3.8) is 0 Å². The number of hydrogen-bond acceptors (Lipinski definition) is 4. The first-order chi connectivity index (χ1) is 10.8. The average molecular weight is 356 g/mol. The van der Waals surface area contributed by atoms with Crippen LogP contribution in [0.2, 0.25) is 10.0 Å². The monoisotopic (exact) mass is 355 g/mol. The van der Waals surface area contributed by atoms with E-state index in [1.807, 2.05) is 0 Å². The zero-order valence-electron chi connectivity index (χ0n) is 11.9. The van der Waals surface area contributed by atoms with Crippen molar-refractivity contribution in [1.82, 2.24) is 4.57 Å². The van der Waals surface area contributed by atoms with Crippen LogP contribution in [0.1, 0.15) is 5.69 Å². The van der Waals surface area contributed by atoms with E-state index in [1.54, 1.807) is 13.0 Å². The summed E-state index contributed by atoms with van der Waals surface area (Å²) in [5.41, 5.74) is -0.722. The van der Waals surface area contributed by atoms with Crippen LogP contribution in [0, 0.1) is 17.0 Å². The highest BCUT2D eigenvalue weighted by molar-refractivity contribution is 6.35. The van der Waals surface area contributed by atoms with Crippen LogP contribution in [0.4, 0.5) is 11.4 Å². The van der Waals surface area contributed by atoms with Crippen molar-refractivity contribution >= 4 is 40.5 Å². The Morgan fingerprint density at radius 2 is 2.00 bits per heavy atom. The van der Waals surface area contributed by atoms with Crippen LogP contribution < -0.4 is 10.9 Å². The van der Waals surface area contributed by atoms with Crippen LogP contribution in [-0.2, 0) is 11.3 Å². The lowest BCUT2D eigenvalue weighted by Gasteiger charge is -2.11. The highest BCUT2D eigenvalue weighted by Gasteiger charge is 2.17. The van der Waals surface area contributed by atoms with Gasteiger partial charge in [0.15, 0.2) is 0 Å². The number of aryl methyl sites for hydroxylation is 1. The summed E-state index contributed by atoms with van der Waals surface area (Å²) in [6, 6.07) is 7.06.